The monoisotopic (exact) mass is 784 g/mol. The molecule has 0 bridgehead atoms. The van der Waals surface area contributed by atoms with E-state index in [-0.39, 0.29) is 0 Å². The van der Waals surface area contributed by atoms with Gasteiger partial charge < -0.3 is 0 Å². The van der Waals surface area contributed by atoms with Gasteiger partial charge in [0.15, 0.2) is 0 Å². The molecular weight excluding hydrogens is 745 g/mol. The maximum atomic E-state index is 2.64. The molecule has 0 unspecified atom stereocenters. The molecular formula is C62H40. The summed E-state index contributed by atoms with van der Waals surface area (Å²) in [6.07, 6.45) is 0. The van der Waals surface area contributed by atoms with Crippen LogP contribution in [0.25, 0.3) is 87.6 Å². The van der Waals surface area contributed by atoms with E-state index >= 15 is 0 Å². The van der Waals surface area contributed by atoms with Crippen LogP contribution in [0.2, 0.25) is 0 Å². The van der Waals surface area contributed by atoms with Crippen LogP contribution in [0.1, 0.15) is 66.8 Å². The van der Waals surface area contributed by atoms with E-state index in [9.17, 15) is 0 Å². The van der Waals surface area contributed by atoms with Gasteiger partial charge >= 0.3 is 0 Å². The van der Waals surface area contributed by atoms with Crippen molar-refractivity contribution in [2.45, 2.75) is 38.5 Å². The summed E-state index contributed by atoms with van der Waals surface area (Å²) in [5, 5.41) is 10.8. The number of hydrogen-bond acceptors (Lipinski definition) is 0. The van der Waals surface area contributed by atoms with E-state index in [1.54, 1.807) is 0 Å². The first-order chi connectivity index (χ1) is 30.4. The molecule has 11 aromatic carbocycles. The molecule has 4 aliphatic carbocycles. The zero-order valence-corrected chi connectivity index (χ0v) is 35.2. The Hall–Kier alpha value is -7.28. The van der Waals surface area contributed by atoms with E-state index in [0.29, 0.717) is 0 Å². The van der Waals surface area contributed by atoms with Crippen LogP contribution in [-0.4, -0.2) is 0 Å². The molecule has 4 aliphatic rings. The number of rotatable bonds is 0. The van der Waals surface area contributed by atoms with Crippen molar-refractivity contribution >= 4 is 43.1 Å². The molecule has 0 N–H and O–H groups in total. The van der Waals surface area contributed by atoms with E-state index < -0.39 is 10.8 Å². The molecule has 0 aromatic heterocycles. The summed E-state index contributed by atoms with van der Waals surface area (Å²) in [6, 6.07) is 66.9. The van der Waals surface area contributed by atoms with Crippen LogP contribution in [0.3, 0.4) is 0 Å². The standard InChI is InChI=1S/C62H40/c1-33-19-23-37-38-24-20-34(2)28-52(38)61(51(37)27-33)49-17-7-5-11-43(49)59-45-15-9-14-42-48-32-56-60(46-16-10-13-41(58(46)48)47(57(42)45)31-55(59)61)44-12-6-8-18-50(44)62(56)53-29-35(3)21-25-39(53)40-26-22-36(4)30-54(40)62/h5-32H,1-4H3. The molecule has 11 aromatic rings. The Morgan fingerprint density at radius 2 is 0.581 bits per heavy atom. The van der Waals surface area contributed by atoms with Crippen LogP contribution in [-0.2, 0) is 10.8 Å². The second-order valence-corrected chi connectivity index (χ2v) is 18.9. The van der Waals surface area contributed by atoms with E-state index in [2.05, 4.69) is 198 Å². The van der Waals surface area contributed by atoms with E-state index in [4.69, 9.17) is 0 Å². The molecule has 0 saturated heterocycles. The Morgan fingerprint density at radius 3 is 0.952 bits per heavy atom. The summed E-state index contributed by atoms with van der Waals surface area (Å²) in [5.74, 6) is 0. The predicted octanol–water partition coefficient (Wildman–Crippen LogP) is 15.7. The third-order valence-corrected chi connectivity index (χ3v) is 15.8. The third-order valence-electron chi connectivity index (χ3n) is 15.8. The number of fused-ring (bicyclic) bond motifs is 24. The molecule has 2 spiro atoms. The predicted molar refractivity (Wildman–Crippen MR) is 259 cm³/mol. The minimum atomic E-state index is -0.424. The molecule has 0 nitrogen and oxygen atoms in total. The highest BCUT2D eigenvalue weighted by molar-refractivity contribution is 6.36. The summed E-state index contributed by atoms with van der Waals surface area (Å²) in [5.41, 5.74) is 26.5. The van der Waals surface area contributed by atoms with Crippen molar-refractivity contribution in [3.63, 3.8) is 0 Å². The van der Waals surface area contributed by atoms with Gasteiger partial charge in [-0.1, -0.05) is 180 Å². The van der Waals surface area contributed by atoms with E-state index in [1.807, 2.05) is 0 Å². The van der Waals surface area contributed by atoms with Crippen LogP contribution in [0.5, 0.6) is 0 Å². The van der Waals surface area contributed by atoms with Crippen LogP contribution in [0, 0.1) is 27.7 Å². The molecule has 62 heavy (non-hydrogen) atoms. The molecule has 288 valence electrons. The third kappa shape index (κ3) is 3.57. The number of benzene rings is 11. The lowest BCUT2D eigenvalue weighted by molar-refractivity contribution is 0.793. The van der Waals surface area contributed by atoms with Crippen molar-refractivity contribution in [2.24, 2.45) is 0 Å². The van der Waals surface area contributed by atoms with Crippen molar-refractivity contribution in [2.75, 3.05) is 0 Å². The number of aryl methyl sites for hydroxylation is 4. The quantitative estimate of drug-likeness (QED) is 0.106. The molecule has 0 saturated carbocycles. The van der Waals surface area contributed by atoms with E-state index in [1.165, 1.54) is 154 Å². The maximum Gasteiger partial charge on any atom is 0.0726 e. The highest BCUT2D eigenvalue weighted by Crippen LogP contribution is 2.67. The van der Waals surface area contributed by atoms with Gasteiger partial charge in [-0.3, -0.25) is 0 Å². The first-order valence-corrected chi connectivity index (χ1v) is 22.2. The van der Waals surface area contributed by atoms with Gasteiger partial charge in [-0.05, 0) is 172 Å². The lowest BCUT2D eigenvalue weighted by Gasteiger charge is -2.32. The Kier molecular flexibility index (Phi) is 5.91. The Morgan fingerprint density at radius 1 is 0.242 bits per heavy atom. The summed E-state index contributed by atoms with van der Waals surface area (Å²) in [7, 11) is 0. The zero-order valence-electron chi connectivity index (χ0n) is 35.2. The summed E-state index contributed by atoms with van der Waals surface area (Å²) < 4.78 is 0. The summed E-state index contributed by atoms with van der Waals surface area (Å²) in [4.78, 5) is 0. The van der Waals surface area contributed by atoms with Gasteiger partial charge in [-0.15, -0.1) is 0 Å². The van der Waals surface area contributed by atoms with Gasteiger partial charge in [0.2, 0.25) is 0 Å². The normalized spacial score (nSPS) is 15.0. The number of hydrogen-bond donors (Lipinski definition) is 0. The summed E-state index contributed by atoms with van der Waals surface area (Å²) >= 11 is 0. The molecule has 15 rings (SSSR count). The van der Waals surface area contributed by atoms with Crippen molar-refractivity contribution in [1.29, 1.82) is 0 Å². The fourth-order valence-corrected chi connectivity index (χ4v) is 13.6. The maximum absolute atomic E-state index is 2.64. The highest BCUT2D eigenvalue weighted by Gasteiger charge is 2.54. The van der Waals surface area contributed by atoms with Crippen LogP contribution in [0.4, 0.5) is 0 Å². The van der Waals surface area contributed by atoms with Crippen LogP contribution >= 0.6 is 0 Å². The van der Waals surface area contributed by atoms with Gasteiger partial charge in [0.1, 0.15) is 0 Å². The molecule has 0 heterocycles. The highest BCUT2D eigenvalue weighted by atomic mass is 14.6. The lowest BCUT2D eigenvalue weighted by Crippen LogP contribution is -2.26. The minimum absolute atomic E-state index is 0.424. The van der Waals surface area contributed by atoms with E-state index in [0.717, 1.165) is 0 Å². The second-order valence-electron chi connectivity index (χ2n) is 18.9. The average Bonchev–Trinajstić information content (AvgIpc) is 3.95. The van der Waals surface area contributed by atoms with Gasteiger partial charge in [0.05, 0.1) is 10.8 Å². The van der Waals surface area contributed by atoms with Gasteiger partial charge in [-0.2, -0.15) is 0 Å². The van der Waals surface area contributed by atoms with Crippen LogP contribution in [0.15, 0.2) is 170 Å². The average molecular weight is 785 g/mol. The van der Waals surface area contributed by atoms with Crippen molar-refractivity contribution in [1.82, 2.24) is 0 Å². The second kappa shape index (κ2) is 11.0. The van der Waals surface area contributed by atoms with Gasteiger partial charge in [-0.25, -0.2) is 0 Å². The molecule has 0 radical (unpaired) electrons. The van der Waals surface area contributed by atoms with Crippen molar-refractivity contribution < 1.29 is 0 Å². The molecule has 0 aliphatic heterocycles. The zero-order chi connectivity index (χ0) is 41.0. The molecule has 0 heteroatoms. The molecule has 0 atom stereocenters. The Labute approximate surface area is 361 Å². The SMILES string of the molecule is Cc1ccc2c(c1)C1(c3cc(C)ccc3-2)c2ccccc2-c2c1cc1c3cccc4c5c(cc(c6cccc2c61)c43)C1(c2cc(C)ccc2-c2ccc(C)cc21)c1ccccc1-5. The topological polar surface area (TPSA) is 0 Å². The van der Waals surface area contributed by atoms with Gasteiger partial charge in [0.25, 0.3) is 0 Å². The largest absolute Gasteiger partial charge is 0.0726 e. The van der Waals surface area contributed by atoms with Gasteiger partial charge in [0, 0.05) is 0 Å². The van der Waals surface area contributed by atoms with Crippen molar-refractivity contribution in [3.8, 4) is 44.5 Å². The minimum Gasteiger partial charge on any atom is -0.0619 e. The lowest BCUT2D eigenvalue weighted by atomic mass is 9.69. The fourth-order valence-electron chi connectivity index (χ4n) is 13.6. The first kappa shape index (κ1) is 33.4. The smallest absolute Gasteiger partial charge is 0.0619 e. The molecule has 0 amide bonds. The fraction of sp³-hybridized carbons (Fsp3) is 0.0968. The van der Waals surface area contributed by atoms with Crippen LogP contribution < -0.4 is 0 Å². The van der Waals surface area contributed by atoms with Crippen molar-refractivity contribution in [3.05, 3.63) is 237 Å². The Bertz CT molecular complexity index is 3550. The Balaban J connectivity index is 1.14. The molecule has 0 fully saturated rings. The first-order valence-electron chi connectivity index (χ1n) is 22.2. The summed E-state index contributed by atoms with van der Waals surface area (Å²) in [6.45, 7) is 9.02.